The molecule has 0 aliphatic carbocycles. The zero-order valence-electron chi connectivity index (χ0n) is 10.7. The summed E-state index contributed by atoms with van der Waals surface area (Å²) in [4.78, 5) is 8.78. The standard InChI is InChI=1S/C14H13N3OS/c1-18-11-5-3-10(4-6-11)12-9-16-13-14(19-2)15-7-8-17(12)13/h3-9H,1-2H3. The van der Waals surface area contributed by atoms with Gasteiger partial charge in [-0.3, -0.25) is 4.40 Å². The van der Waals surface area contributed by atoms with Gasteiger partial charge in [-0.25, -0.2) is 9.97 Å². The molecule has 0 fully saturated rings. The number of benzene rings is 1. The van der Waals surface area contributed by atoms with E-state index >= 15 is 0 Å². The van der Waals surface area contributed by atoms with E-state index in [1.165, 1.54) is 0 Å². The summed E-state index contributed by atoms with van der Waals surface area (Å²) in [5.41, 5.74) is 3.04. The van der Waals surface area contributed by atoms with Crippen LogP contribution >= 0.6 is 11.8 Å². The van der Waals surface area contributed by atoms with Crippen LogP contribution in [0.3, 0.4) is 0 Å². The number of hydrogen-bond donors (Lipinski definition) is 0. The maximum Gasteiger partial charge on any atom is 0.170 e. The van der Waals surface area contributed by atoms with Gasteiger partial charge in [0.25, 0.3) is 0 Å². The molecule has 2 heterocycles. The van der Waals surface area contributed by atoms with Gasteiger partial charge in [0.2, 0.25) is 0 Å². The van der Waals surface area contributed by atoms with Crippen LogP contribution < -0.4 is 4.74 Å². The van der Waals surface area contributed by atoms with Gasteiger partial charge < -0.3 is 4.74 Å². The summed E-state index contributed by atoms with van der Waals surface area (Å²) in [7, 11) is 1.67. The number of fused-ring (bicyclic) bond motifs is 1. The van der Waals surface area contributed by atoms with Crippen molar-refractivity contribution in [3.8, 4) is 17.0 Å². The van der Waals surface area contributed by atoms with Gasteiger partial charge >= 0.3 is 0 Å². The van der Waals surface area contributed by atoms with Gasteiger partial charge in [0.05, 0.1) is 19.0 Å². The van der Waals surface area contributed by atoms with E-state index in [2.05, 4.69) is 14.4 Å². The molecule has 0 unspecified atom stereocenters. The lowest BCUT2D eigenvalue weighted by Crippen LogP contribution is -1.92. The fraction of sp³-hybridized carbons (Fsp3) is 0.143. The normalized spacial score (nSPS) is 10.8. The van der Waals surface area contributed by atoms with E-state index in [4.69, 9.17) is 4.74 Å². The zero-order valence-corrected chi connectivity index (χ0v) is 11.5. The van der Waals surface area contributed by atoms with Crippen molar-refractivity contribution in [1.82, 2.24) is 14.4 Å². The molecule has 0 saturated heterocycles. The maximum atomic E-state index is 5.17. The largest absolute Gasteiger partial charge is 0.497 e. The Morgan fingerprint density at radius 3 is 2.63 bits per heavy atom. The fourth-order valence-electron chi connectivity index (χ4n) is 2.01. The third-order valence-electron chi connectivity index (χ3n) is 2.97. The number of ether oxygens (including phenoxy) is 1. The number of imidazole rings is 1. The van der Waals surface area contributed by atoms with Crippen molar-refractivity contribution in [1.29, 1.82) is 0 Å². The van der Waals surface area contributed by atoms with Gasteiger partial charge in [0.1, 0.15) is 10.8 Å². The molecular weight excluding hydrogens is 258 g/mol. The summed E-state index contributed by atoms with van der Waals surface area (Å²) >= 11 is 1.60. The molecule has 3 rings (SSSR count). The number of hydrogen-bond acceptors (Lipinski definition) is 4. The Kier molecular flexibility index (Phi) is 3.13. The number of aromatic nitrogens is 3. The minimum atomic E-state index is 0.851. The minimum Gasteiger partial charge on any atom is -0.497 e. The van der Waals surface area contributed by atoms with Crippen LogP contribution in [0.25, 0.3) is 16.9 Å². The second kappa shape index (κ2) is 4.93. The molecule has 5 heteroatoms. The van der Waals surface area contributed by atoms with E-state index in [1.807, 2.05) is 42.9 Å². The zero-order chi connectivity index (χ0) is 13.2. The molecule has 2 aromatic heterocycles. The fourth-order valence-corrected chi connectivity index (χ4v) is 2.51. The lowest BCUT2D eigenvalue weighted by Gasteiger charge is -2.04. The van der Waals surface area contributed by atoms with Crippen molar-refractivity contribution < 1.29 is 4.74 Å². The highest BCUT2D eigenvalue weighted by atomic mass is 32.2. The predicted molar refractivity (Wildman–Crippen MR) is 76.8 cm³/mol. The Labute approximate surface area is 115 Å². The molecule has 0 spiro atoms. The van der Waals surface area contributed by atoms with Crippen LogP contribution in [-0.4, -0.2) is 27.7 Å². The van der Waals surface area contributed by atoms with Crippen molar-refractivity contribution in [2.24, 2.45) is 0 Å². The van der Waals surface area contributed by atoms with Crippen LogP contribution in [0.4, 0.5) is 0 Å². The van der Waals surface area contributed by atoms with Gasteiger partial charge in [0.15, 0.2) is 5.65 Å². The Bertz CT molecular complexity index is 706. The van der Waals surface area contributed by atoms with Crippen LogP contribution in [0.1, 0.15) is 0 Å². The molecule has 0 aliphatic rings. The highest BCUT2D eigenvalue weighted by molar-refractivity contribution is 7.98. The van der Waals surface area contributed by atoms with Gasteiger partial charge in [-0.1, -0.05) is 0 Å². The molecule has 0 radical (unpaired) electrons. The highest BCUT2D eigenvalue weighted by Crippen LogP contribution is 2.26. The first-order chi connectivity index (χ1) is 9.33. The first-order valence-electron chi connectivity index (χ1n) is 5.84. The second-order valence-electron chi connectivity index (χ2n) is 4.00. The first kappa shape index (κ1) is 12.0. The molecule has 0 aliphatic heterocycles. The SMILES string of the molecule is COc1ccc(-c2cnc3c(SC)nccn23)cc1. The summed E-state index contributed by atoms with van der Waals surface area (Å²) < 4.78 is 7.23. The summed E-state index contributed by atoms with van der Waals surface area (Å²) in [5, 5.41) is 0.933. The maximum absolute atomic E-state index is 5.17. The van der Waals surface area contributed by atoms with E-state index < -0.39 is 0 Å². The highest BCUT2D eigenvalue weighted by Gasteiger charge is 2.09. The number of rotatable bonds is 3. The van der Waals surface area contributed by atoms with E-state index in [1.54, 1.807) is 25.1 Å². The van der Waals surface area contributed by atoms with Crippen LogP contribution in [0.2, 0.25) is 0 Å². The van der Waals surface area contributed by atoms with Crippen molar-refractivity contribution in [2.75, 3.05) is 13.4 Å². The van der Waals surface area contributed by atoms with Crippen molar-refractivity contribution in [2.45, 2.75) is 5.03 Å². The van der Waals surface area contributed by atoms with Crippen LogP contribution in [-0.2, 0) is 0 Å². The van der Waals surface area contributed by atoms with E-state index in [9.17, 15) is 0 Å². The molecule has 3 aromatic rings. The third kappa shape index (κ3) is 2.06. The average Bonchev–Trinajstić information content (AvgIpc) is 2.91. The summed E-state index contributed by atoms with van der Waals surface area (Å²) in [6, 6.07) is 7.96. The van der Waals surface area contributed by atoms with Crippen LogP contribution in [0.15, 0.2) is 47.9 Å². The molecule has 0 atom stereocenters. The molecule has 4 nitrogen and oxygen atoms in total. The second-order valence-corrected chi connectivity index (χ2v) is 4.80. The Hall–Kier alpha value is -2.01. The first-order valence-corrected chi connectivity index (χ1v) is 7.06. The lowest BCUT2D eigenvalue weighted by atomic mass is 10.1. The Balaban J connectivity index is 2.14. The van der Waals surface area contributed by atoms with E-state index in [0.29, 0.717) is 0 Å². The van der Waals surface area contributed by atoms with E-state index in [-0.39, 0.29) is 0 Å². The monoisotopic (exact) mass is 271 g/mol. The van der Waals surface area contributed by atoms with Gasteiger partial charge in [-0.15, -0.1) is 11.8 Å². The van der Waals surface area contributed by atoms with Crippen LogP contribution in [0.5, 0.6) is 5.75 Å². The molecule has 96 valence electrons. The topological polar surface area (TPSA) is 39.4 Å². The van der Waals surface area contributed by atoms with Crippen molar-refractivity contribution in [3.05, 3.63) is 42.9 Å². The van der Waals surface area contributed by atoms with Gasteiger partial charge in [-0.05, 0) is 30.5 Å². The van der Waals surface area contributed by atoms with Gasteiger partial charge in [0, 0.05) is 18.0 Å². The quantitative estimate of drug-likeness (QED) is 0.686. The van der Waals surface area contributed by atoms with E-state index in [0.717, 1.165) is 27.7 Å². The minimum absolute atomic E-state index is 0.851. The van der Waals surface area contributed by atoms with Crippen LogP contribution in [0, 0.1) is 0 Å². The predicted octanol–water partition coefficient (Wildman–Crippen LogP) is 3.13. The summed E-state index contributed by atoms with van der Waals surface area (Å²) in [6.45, 7) is 0. The Morgan fingerprint density at radius 2 is 1.95 bits per heavy atom. The smallest absolute Gasteiger partial charge is 0.170 e. The Morgan fingerprint density at radius 1 is 1.16 bits per heavy atom. The molecule has 0 bridgehead atoms. The van der Waals surface area contributed by atoms with Crippen molar-refractivity contribution >= 4 is 17.4 Å². The third-order valence-corrected chi connectivity index (χ3v) is 3.65. The molecule has 0 amide bonds. The molecular formula is C14H13N3OS. The van der Waals surface area contributed by atoms with Crippen molar-refractivity contribution in [3.63, 3.8) is 0 Å². The average molecular weight is 271 g/mol. The lowest BCUT2D eigenvalue weighted by molar-refractivity contribution is 0.415. The molecule has 1 aromatic carbocycles. The summed E-state index contributed by atoms with van der Waals surface area (Å²) in [6.07, 6.45) is 7.61. The number of methoxy groups -OCH3 is 1. The number of nitrogens with zero attached hydrogens (tertiary/aromatic N) is 3. The molecule has 0 saturated carbocycles. The molecule has 19 heavy (non-hydrogen) atoms. The molecule has 0 N–H and O–H groups in total. The summed E-state index contributed by atoms with van der Waals surface area (Å²) in [5.74, 6) is 0.851. The van der Waals surface area contributed by atoms with Gasteiger partial charge in [-0.2, -0.15) is 0 Å². The number of thioether (sulfide) groups is 1.